The van der Waals surface area contributed by atoms with Crippen molar-refractivity contribution in [1.82, 2.24) is 15.0 Å². The molecule has 4 N–H and O–H groups in total. The van der Waals surface area contributed by atoms with Crippen molar-refractivity contribution in [1.29, 1.82) is 0 Å². The second kappa shape index (κ2) is 7.17. The standard InChI is InChI=1S/C19H22ClN5O2/c1-19(2,3)14-13(20)12-15(21)24-17(25-16(12)23-14)18(26)22-11-7-5-10(6-8-11)9-27-4/h5-8H,9H2,1-4H3,(H,22,26)(H3,21,23,24,25). The predicted molar refractivity (Wildman–Crippen MR) is 107 cm³/mol. The summed E-state index contributed by atoms with van der Waals surface area (Å²) in [5.41, 5.74) is 8.70. The lowest BCUT2D eigenvalue weighted by Gasteiger charge is -2.16. The van der Waals surface area contributed by atoms with Gasteiger partial charge in [0.15, 0.2) is 0 Å². The van der Waals surface area contributed by atoms with Crippen molar-refractivity contribution in [3.8, 4) is 0 Å². The van der Waals surface area contributed by atoms with Crippen LogP contribution in [-0.4, -0.2) is 28.0 Å². The van der Waals surface area contributed by atoms with Crippen molar-refractivity contribution in [2.24, 2.45) is 0 Å². The molecule has 27 heavy (non-hydrogen) atoms. The minimum absolute atomic E-state index is 0.0284. The molecule has 0 aliphatic carbocycles. The number of aromatic nitrogens is 3. The molecule has 0 aliphatic rings. The lowest BCUT2D eigenvalue weighted by Crippen LogP contribution is -2.16. The first kappa shape index (κ1) is 19.1. The van der Waals surface area contributed by atoms with Crippen molar-refractivity contribution >= 4 is 40.0 Å². The molecule has 0 unspecified atom stereocenters. The van der Waals surface area contributed by atoms with Crippen LogP contribution in [0, 0.1) is 0 Å². The van der Waals surface area contributed by atoms with E-state index in [1.165, 1.54) is 0 Å². The first-order valence-electron chi connectivity index (χ1n) is 8.45. The summed E-state index contributed by atoms with van der Waals surface area (Å²) in [6.07, 6.45) is 0. The minimum Gasteiger partial charge on any atom is -0.383 e. The smallest absolute Gasteiger partial charge is 0.293 e. The third-order valence-corrected chi connectivity index (χ3v) is 4.47. The largest absolute Gasteiger partial charge is 0.383 e. The predicted octanol–water partition coefficient (Wildman–Crippen LogP) is 3.89. The van der Waals surface area contributed by atoms with Gasteiger partial charge in [0.25, 0.3) is 5.91 Å². The number of methoxy groups -OCH3 is 1. The van der Waals surface area contributed by atoms with Crippen molar-refractivity contribution in [3.63, 3.8) is 0 Å². The zero-order chi connectivity index (χ0) is 19.8. The van der Waals surface area contributed by atoms with Crippen LogP contribution in [-0.2, 0) is 16.8 Å². The number of fused-ring (bicyclic) bond motifs is 1. The van der Waals surface area contributed by atoms with Gasteiger partial charge in [-0.3, -0.25) is 4.79 Å². The van der Waals surface area contributed by atoms with Gasteiger partial charge in [0.05, 0.1) is 17.0 Å². The number of halogens is 1. The number of carbonyl (C=O) groups is 1. The van der Waals surface area contributed by atoms with Crippen LogP contribution in [0.4, 0.5) is 11.5 Å². The number of ether oxygens (including phenoxy) is 1. The van der Waals surface area contributed by atoms with Crippen molar-refractivity contribution in [2.75, 3.05) is 18.2 Å². The third kappa shape index (κ3) is 3.89. The molecule has 2 aromatic heterocycles. The summed E-state index contributed by atoms with van der Waals surface area (Å²) in [7, 11) is 1.63. The molecular weight excluding hydrogens is 366 g/mol. The van der Waals surface area contributed by atoms with Gasteiger partial charge < -0.3 is 20.8 Å². The maximum Gasteiger partial charge on any atom is 0.293 e. The highest BCUT2D eigenvalue weighted by atomic mass is 35.5. The number of carbonyl (C=O) groups excluding carboxylic acids is 1. The highest BCUT2D eigenvalue weighted by molar-refractivity contribution is 6.37. The van der Waals surface area contributed by atoms with Gasteiger partial charge in [-0.05, 0) is 17.7 Å². The first-order valence-corrected chi connectivity index (χ1v) is 8.83. The van der Waals surface area contributed by atoms with E-state index in [-0.39, 0.29) is 17.1 Å². The molecule has 1 aromatic carbocycles. The fourth-order valence-corrected chi connectivity index (χ4v) is 3.26. The van der Waals surface area contributed by atoms with Gasteiger partial charge in [-0.1, -0.05) is 44.5 Å². The molecule has 0 aliphatic heterocycles. The summed E-state index contributed by atoms with van der Waals surface area (Å²) >= 11 is 6.45. The van der Waals surface area contributed by atoms with Crippen LogP contribution < -0.4 is 11.1 Å². The van der Waals surface area contributed by atoms with Gasteiger partial charge in [0, 0.05) is 23.9 Å². The Morgan fingerprint density at radius 1 is 1.26 bits per heavy atom. The van der Waals surface area contributed by atoms with E-state index in [4.69, 9.17) is 22.1 Å². The van der Waals surface area contributed by atoms with E-state index in [0.29, 0.717) is 28.4 Å². The molecule has 7 nitrogen and oxygen atoms in total. The summed E-state index contributed by atoms with van der Waals surface area (Å²) in [5, 5.41) is 3.78. The molecule has 0 saturated carbocycles. The van der Waals surface area contributed by atoms with Crippen LogP contribution in [0.3, 0.4) is 0 Å². The minimum atomic E-state index is -0.453. The highest BCUT2D eigenvalue weighted by Gasteiger charge is 2.25. The number of hydrogen-bond donors (Lipinski definition) is 3. The Kier molecular flexibility index (Phi) is 5.08. The normalized spacial score (nSPS) is 11.7. The number of anilines is 2. The second-order valence-electron chi connectivity index (χ2n) is 7.30. The van der Waals surface area contributed by atoms with E-state index in [9.17, 15) is 4.79 Å². The number of benzene rings is 1. The van der Waals surface area contributed by atoms with Crippen LogP contribution in [0.5, 0.6) is 0 Å². The maximum atomic E-state index is 12.5. The molecule has 8 heteroatoms. The lowest BCUT2D eigenvalue weighted by atomic mass is 9.92. The van der Waals surface area contributed by atoms with Crippen LogP contribution >= 0.6 is 11.6 Å². The number of H-pyrrole nitrogens is 1. The molecule has 0 spiro atoms. The Bertz CT molecular complexity index is 990. The monoisotopic (exact) mass is 387 g/mol. The zero-order valence-electron chi connectivity index (χ0n) is 15.7. The summed E-state index contributed by atoms with van der Waals surface area (Å²) in [6, 6.07) is 7.32. The van der Waals surface area contributed by atoms with Crippen LogP contribution in [0.15, 0.2) is 24.3 Å². The number of nitrogen functional groups attached to an aromatic ring is 1. The van der Waals surface area contributed by atoms with Gasteiger partial charge in [0.2, 0.25) is 5.82 Å². The topological polar surface area (TPSA) is 106 Å². The SMILES string of the molecule is COCc1ccc(NC(=O)c2nc(N)c3c(Cl)c(C(C)(C)C)[nH]c3n2)cc1. The Balaban J connectivity index is 1.91. The molecule has 3 rings (SSSR count). The molecule has 3 aromatic rings. The fraction of sp³-hybridized carbons (Fsp3) is 0.316. The van der Waals surface area contributed by atoms with Crippen molar-refractivity contribution in [3.05, 3.63) is 46.4 Å². The molecule has 0 fully saturated rings. The maximum absolute atomic E-state index is 12.5. The number of rotatable bonds is 4. The van der Waals surface area contributed by atoms with Crippen LogP contribution in [0.2, 0.25) is 5.02 Å². The molecule has 0 atom stereocenters. The molecule has 0 radical (unpaired) electrons. The second-order valence-corrected chi connectivity index (χ2v) is 7.68. The Labute approximate surface area is 162 Å². The van der Waals surface area contributed by atoms with Gasteiger partial charge in [-0.2, -0.15) is 0 Å². The number of nitrogens with one attached hydrogen (secondary N) is 2. The van der Waals surface area contributed by atoms with E-state index in [0.717, 1.165) is 11.3 Å². The zero-order valence-corrected chi connectivity index (χ0v) is 16.4. The summed E-state index contributed by atoms with van der Waals surface area (Å²) in [5.74, 6) is -0.317. The lowest BCUT2D eigenvalue weighted by molar-refractivity contribution is 0.101. The Morgan fingerprint density at radius 2 is 1.93 bits per heavy atom. The molecule has 1 amide bonds. The van der Waals surface area contributed by atoms with Gasteiger partial charge in [-0.25, -0.2) is 9.97 Å². The van der Waals surface area contributed by atoms with E-state index >= 15 is 0 Å². The molecule has 0 bridgehead atoms. The van der Waals surface area contributed by atoms with E-state index in [1.54, 1.807) is 19.2 Å². The Morgan fingerprint density at radius 3 is 2.52 bits per heavy atom. The summed E-state index contributed by atoms with van der Waals surface area (Å²) in [6.45, 7) is 6.57. The molecule has 0 saturated heterocycles. The van der Waals surface area contributed by atoms with E-state index in [2.05, 4.69) is 20.3 Å². The summed E-state index contributed by atoms with van der Waals surface area (Å²) in [4.78, 5) is 24.2. The van der Waals surface area contributed by atoms with Crippen molar-refractivity contribution < 1.29 is 9.53 Å². The van der Waals surface area contributed by atoms with Crippen LogP contribution in [0.1, 0.15) is 42.6 Å². The number of aromatic amines is 1. The van der Waals surface area contributed by atoms with Gasteiger partial charge in [0.1, 0.15) is 11.5 Å². The van der Waals surface area contributed by atoms with Crippen LogP contribution in [0.25, 0.3) is 11.0 Å². The summed E-state index contributed by atoms with van der Waals surface area (Å²) < 4.78 is 5.07. The van der Waals surface area contributed by atoms with Crippen molar-refractivity contribution in [2.45, 2.75) is 32.8 Å². The Hall–Kier alpha value is -2.64. The number of hydrogen-bond acceptors (Lipinski definition) is 5. The quantitative estimate of drug-likeness (QED) is 0.629. The first-order chi connectivity index (χ1) is 12.7. The molecular formula is C19H22ClN5O2. The molecule has 142 valence electrons. The number of amides is 1. The molecule has 2 heterocycles. The van der Waals surface area contributed by atoms with E-state index in [1.807, 2.05) is 32.9 Å². The average molecular weight is 388 g/mol. The van der Waals surface area contributed by atoms with Gasteiger partial charge in [-0.15, -0.1) is 0 Å². The fourth-order valence-electron chi connectivity index (χ4n) is 2.74. The third-order valence-electron chi connectivity index (χ3n) is 4.10. The average Bonchev–Trinajstić information content (AvgIpc) is 2.94. The van der Waals surface area contributed by atoms with Gasteiger partial charge >= 0.3 is 0 Å². The number of nitrogens with zero attached hydrogens (tertiary/aromatic N) is 2. The highest BCUT2D eigenvalue weighted by Crippen LogP contribution is 2.36. The van der Waals surface area contributed by atoms with E-state index < -0.39 is 5.91 Å². The number of nitrogens with two attached hydrogens (primary N) is 1.